The number of carbonyl (C=O) groups is 1. The smallest absolute Gasteiger partial charge is 0.338 e. The molecule has 6 heteroatoms. The van der Waals surface area contributed by atoms with Crippen LogP contribution in [0.2, 0.25) is 10.0 Å². The van der Waals surface area contributed by atoms with Gasteiger partial charge in [0.2, 0.25) is 0 Å². The number of halogens is 2. The molecule has 0 saturated carbocycles. The Morgan fingerprint density at radius 3 is 2.59 bits per heavy atom. The van der Waals surface area contributed by atoms with Crippen molar-refractivity contribution < 1.29 is 14.6 Å². The van der Waals surface area contributed by atoms with Gasteiger partial charge in [0.25, 0.3) is 0 Å². The highest BCUT2D eigenvalue weighted by molar-refractivity contribution is 6.36. The zero-order valence-corrected chi connectivity index (χ0v) is 13.2. The van der Waals surface area contributed by atoms with Gasteiger partial charge in [0, 0.05) is 16.8 Å². The Morgan fingerprint density at radius 2 is 1.95 bits per heavy atom. The average molecular weight is 338 g/mol. The molecule has 0 saturated heterocycles. The van der Waals surface area contributed by atoms with E-state index in [1.54, 1.807) is 37.3 Å². The molecule has 2 rings (SSSR count). The van der Waals surface area contributed by atoms with E-state index in [1.165, 1.54) is 12.3 Å². The summed E-state index contributed by atoms with van der Waals surface area (Å²) in [6.45, 7) is 2.08. The molecule has 0 aliphatic heterocycles. The lowest BCUT2D eigenvalue weighted by Crippen LogP contribution is -2.03. The lowest BCUT2D eigenvalue weighted by atomic mass is 10.2. The van der Waals surface area contributed by atoms with Crippen molar-refractivity contribution in [2.24, 2.45) is 4.99 Å². The van der Waals surface area contributed by atoms with E-state index in [1.807, 2.05) is 0 Å². The van der Waals surface area contributed by atoms with Crippen molar-refractivity contribution in [1.29, 1.82) is 0 Å². The fourth-order valence-electron chi connectivity index (χ4n) is 1.73. The molecule has 0 heterocycles. The molecular weight excluding hydrogens is 325 g/mol. The normalized spacial score (nSPS) is 10.9. The van der Waals surface area contributed by atoms with Crippen molar-refractivity contribution in [2.75, 3.05) is 6.61 Å². The number of ether oxygens (including phenoxy) is 1. The topological polar surface area (TPSA) is 58.9 Å². The van der Waals surface area contributed by atoms with Gasteiger partial charge >= 0.3 is 5.97 Å². The molecule has 1 N–H and O–H groups in total. The van der Waals surface area contributed by atoms with Gasteiger partial charge in [0.05, 0.1) is 22.9 Å². The summed E-state index contributed by atoms with van der Waals surface area (Å²) in [6.07, 6.45) is 1.45. The lowest BCUT2D eigenvalue weighted by molar-refractivity contribution is 0.0526. The molecule has 0 spiro atoms. The van der Waals surface area contributed by atoms with E-state index in [4.69, 9.17) is 27.9 Å². The summed E-state index contributed by atoms with van der Waals surface area (Å²) in [5.41, 5.74) is 1.48. The van der Waals surface area contributed by atoms with E-state index < -0.39 is 0 Å². The zero-order valence-electron chi connectivity index (χ0n) is 11.7. The van der Waals surface area contributed by atoms with Crippen LogP contribution in [0.3, 0.4) is 0 Å². The average Bonchev–Trinajstić information content (AvgIpc) is 2.50. The monoisotopic (exact) mass is 337 g/mol. The number of hydrogen-bond donors (Lipinski definition) is 1. The second-order valence-electron chi connectivity index (χ2n) is 4.35. The first kappa shape index (κ1) is 16.3. The highest BCUT2D eigenvalue weighted by atomic mass is 35.5. The van der Waals surface area contributed by atoms with Crippen LogP contribution < -0.4 is 0 Å². The molecule has 0 fully saturated rings. The highest BCUT2D eigenvalue weighted by Gasteiger charge is 2.07. The van der Waals surface area contributed by atoms with E-state index in [9.17, 15) is 9.90 Å². The minimum Gasteiger partial charge on any atom is -0.506 e. The van der Waals surface area contributed by atoms with Crippen LogP contribution in [0.5, 0.6) is 5.75 Å². The molecular formula is C16H13Cl2NO3. The van der Waals surface area contributed by atoms with Gasteiger partial charge in [-0.1, -0.05) is 23.2 Å². The minimum atomic E-state index is -0.378. The summed E-state index contributed by atoms with van der Waals surface area (Å²) in [6, 6.07) is 9.59. The maximum absolute atomic E-state index is 11.5. The van der Waals surface area contributed by atoms with Crippen LogP contribution in [0.4, 0.5) is 5.69 Å². The van der Waals surface area contributed by atoms with Crippen molar-refractivity contribution in [3.63, 3.8) is 0 Å². The molecule has 0 aliphatic carbocycles. The van der Waals surface area contributed by atoms with Gasteiger partial charge in [0.15, 0.2) is 0 Å². The Bertz CT molecular complexity index is 712. The van der Waals surface area contributed by atoms with Crippen LogP contribution in [0.15, 0.2) is 41.4 Å². The van der Waals surface area contributed by atoms with Crippen molar-refractivity contribution in [3.8, 4) is 5.75 Å². The number of aliphatic imine (C=N–C) groups is 1. The summed E-state index contributed by atoms with van der Waals surface area (Å²) in [7, 11) is 0. The fraction of sp³-hybridized carbons (Fsp3) is 0.125. The Morgan fingerprint density at radius 1 is 1.27 bits per heavy atom. The van der Waals surface area contributed by atoms with Gasteiger partial charge in [0.1, 0.15) is 5.75 Å². The second kappa shape index (κ2) is 7.29. The summed E-state index contributed by atoms with van der Waals surface area (Å²) in [4.78, 5) is 15.7. The molecule has 0 aliphatic rings. The third kappa shape index (κ3) is 4.00. The van der Waals surface area contributed by atoms with Crippen molar-refractivity contribution >= 4 is 41.1 Å². The van der Waals surface area contributed by atoms with Gasteiger partial charge in [-0.05, 0) is 43.3 Å². The Balaban J connectivity index is 2.19. The summed E-state index contributed by atoms with van der Waals surface area (Å²) >= 11 is 11.7. The van der Waals surface area contributed by atoms with Crippen LogP contribution in [-0.4, -0.2) is 23.9 Å². The van der Waals surface area contributed by atoms with E-state index in [2.05, 4.69) is 4.99 Å². The number of hydrogen-bond acceptors (Lipinski definition) is 4. The van der Waals surface area contributed by atoms with Crippen molar-refractivity contribution in [1.82, 2.24) is 0 Å². The number of phenolic OH excluding ortho intramolecular Hbond substituents is 1. The van der Waals surface area contributed by atoms with E-state index in [0.29, 0.717) is 28.4 Å². The molecule has 0 amide bonds. The highest BCUT2D eigenvalue weighted by Crippen LogP contribution is 2.30. The fourth-order valence-corrected chi connectivity index (χ4v) is 2.24. The number of aromatic hydroxyl groups is 1. The quantitative estimate of drug-likeness (QED) is 0.653. The van der Waals surface area contributed by atoms with E-state index >= 15 is 0 Å². The first-order valence-corrected chi connectivity index (χ1v) is 7.26. The lowest BCUT2D eigenvalue weighted by Gasteiger charge is -2.03. The molecule has 0 atom stereocenters. The van der Waals surface area contributed by atoms with Gasteiger partial charge in [-0.25, -0.2) is 4.79 Å². The summed E-state index contributed by atoms with van der Waals surface area (Å²) in [5, 5.41) is 10.4. The first-order valence-electron chi connectivity index (χ1n) is 6.50. The largest absolute Gasteiger partial charge is 0.506 e. The van der Waals surface area contributed by atoms with Gasteiger partial charge < -0.3 is 9.84 Å². The predicted octanol–water partition coefficient (Wildman–Crippen LogP) is 4.63. The molecule has 114 valence electrons. The standard InChI is InChI=1S/C16H13Cl2NO3/c1-2-22-16(21)10-3-5-13(6-4-10)19-9-11-7-12(17)8-14(18)15(11)20/h3-9,20H,2H2,1H3. The van der Waals surface area contributed by atoms with Gasteiger partial charge in [-0.3, -0.25) is 4.99 Å². The summed E-state index contributed by atoms with van der Waals surface area (Å²) < 4.78 is 4.90. The zero-order chi connectivity index (χ0) is 16.1. The molecule has 22 heavy (non-hydrogen) atoms. The first-order chi connectivity index (χ1) is 10.5. The second-order valence-corrected chi connectivity index (χ2v) is 5.19. The van der Waals surface area contributed by atoms with E-state index in [0.717, 1.165) is 0 Å². The van der Waals surface area contributed by atoms with Crippen LogP contribution in [0, 0.1) is 0 Å². The third-order valence-corrected chi connectivity index (χ3v) is 3.30. The van der Waals surface area contributed by atoms with Crippen LogP contribution in [0.25, 0.3) is 0 Å². The molecule has 0 radical (unpaired) electrons. The number of phenols is 1. The number of esters is 1. The number of benzene rings is 2. The maximum atomic E-state index is 11.5. The van der Waals surface area contributed by atoms with Gasteiger partial charge in [-0.15, -0.1) is 0 Å². The number of nitrogens with zero attached hydrogens (tertiary/aromatic N) is 1. The molecule has 0 aromatic heterocycles. The Labute approximate surface area is 138 Å². The van der Waals surface area contributed by atoms with Crippen LogP contribution >= 0.6 is 23.2 Å². The van der Waals surface area contributed by atoms with Crippen molar-refractivity contribution in [3.05, 3.63) is 57.6 Å². The van der Waals surface area contributed by atoms with Crippen LogP contribution in [-0.2, 0) is 4.74 Å². The Hall–Kier alpha value is -2.04. The Kier molecular flexibility index (Phi) is 5.41. The minimum absolute atomic E-state index is 0.0852. The number of carbonyl (C=O) groups excluding carboxylic acids is 1. The van der Waals surface area contributed by atoms with E-state index in [-0.39, 0.29) is 16.7 Å². The molecule has 0 unspecified atom stereocenters. The third-order valence-electron chi connectivity index (χ3n) is 2.79. The summed E-state index contributed by atoms with van der Waals surface area (Å²) in [5.74, 6) is -0.463. The van der Waals surface area contributed by atoms with Crippen molar-refractivity contribution in [2.45, 2.75) is 6.92 Å². The SMILES string of the molecule is CCOC(=O)c1ccc(N=Cc2cc(Cl)cc(Cl)c2O)cc1. The molecule has 4 nitrogen and oxygen atoms in total. The number of rotatable bonds is 4. The van der Waals surface area contributed by atoms with Gasteiger partial charge in [-0.2, -0.15) is 0 Å². The molecule has 2 aromatic carbocycles. The molecule has 0 bridgehead atoms. The maximum Gasteiger partial charge on any atom is 0.338 e. The molecule has 2 aromatic rings. The predicted molar refractivity (Wildman–Crippen MR) is 87.8 cm³/mol. The van der Waals surface area contributed by atoms with Crippen LogP contribution in [0.1, 0.15) is 22.8 Å².